The van der Waals surface area contributed by atoms with E-state index in [2.05, 4.69) is 21.0 Å². The Bertz CT molecular complexity index is 1350. The van der Waals surface area contributed by atoms with Crippen molar-refractivity contribution in [3.63, 3.8) is 0 Å². The Labute approximate surface area is 194 Å². The van der Waals surface area contributed by atoms with Crippen LogP contribution in [0.4, 0.5) is 0 Å². The maximum absolute atomic E-state index is 13.2. The van der Waals surface area contributed by atoms with E-state index in [0.29, 0.717) is 34.9 Å². The van der Waals surface area contributed by atoms with Crippen LogP contribution < -0.4 is 10.3 Å². The monoisotopic (exact) mass is 493 g/mol. The summed E-state index contributed by atoms with van der Waals surface area (Å²) in [4.78, 5) is 17.9. The van der Waals surface area contributed by atoms with Crippen molar-refractivity contribution in [2.24, 2.45) is 5.10 Å². The number of hydrogen-bond acceptors (Lipinski definition) is 5. The fourth-order valence-electron chi connectivity index (χ4n) is 3.32. The number of nitrogens with zero attached hydrogens (tertiary/aromatic N) is 3. The minimum absolute atomic E-state index is 0.226. The zero-order chi connectivity index (χ0) is 22.9. The number of furan rings is 1. The van der Waals surface area contributed by atoms with Crippen molar-refractivity contribution in [3.8, 4) is 17.1 Å². The second-order valence-corrected chi connectivity index (χ2v) is 9.28. The van der Waals surface area contributed by atoms with Gasteiger partial charge in [-0.1, -0.05) is 36.7 Å². The number of aromatic nitrogens is 2. The second-order valence-electron chi connectivity index (χ2n) is 8.37. The van der Waals surface area contributed by atoms with Gasteiger partial charge in [0.2, 0.25) is 0 Å². The number of ether oxygens (including phenoxy) is 1. The lowest BCUT2D eigenvalue weighted by atomic mass is 9.95. The van der Waals surface area contributed by atoms with E-state index in [1.807, 2.05) is 76.2 Å². The minimum atomic E-state index is -0.381. The predicted molar refractivity (Wildman–Crippen MR) is 131 cm³/mol. The van der Waals surface area contributed by atoms with Gasteiger partial charge >= 0.3 is 0 Å². The molecule has 0 fully saturated rings. The number of fused-ring (bicyclic) bond motifs is 1. The highest BCUT2D eigenvalue weighted by Gasteiger charge is 2.23. The quantitative estimate of drug-likeness (QED) is 0.319. The third-order valence-electron chi connectivity index (χ3n) is 4.86. The van der Waals surface area contributed by atoms with Crippen molar-refractivity contribution >= 4 is 33.0 Å². The van der Waals surface area contributed by atoms with Crippen LogP contribution in [0.3, 0.4) is 0 Å². The molecule has 0 aliphatic rings. The van der Waals surface area contributed by atoms with Crippen LogP contribution in [0.1, 0.15) is 39.3 Å². The van der Waals surface area contributed by atoms with Gasteiger partial charge in [0.1, 0.15) is 23.1 Å². The molecule has 0 atom stereocenters. The number of halogens is 1. The van der Waals surface area contributed by atoms with Gasteiger partial charge in [-0.2, -0.15) is 9.78 Å². The van der Waals surface area contributed by atoms with Crippen LogP contribution in [0, 0.1) is 0 Å². The molecule has 0 amide bonds. The van der Waals surface area contributed by atoms with Gasteiger partial charge in [0.15, 0.2) is 0 Å². The van der Waals surface area contributed by atoms with E-state index in [-0.39, 0.29) is 11.0 Å². The standard InChI is InChI=1S/C25H24BrN3O3/c1-5-31-18-9-6-16(7-10-18)22-13-11-19(32-22)15-27-29-23(30)20-14-17(26)8-12-21(20)28-24(29)25(2,3)4/h6-15H,5H2,1-4H3. The van der Waals surface area contributed by atoms with Gasteiger partial charge < -0.3 is 9.15 Å². The highest BCUT2D eigenvalue weighted by molar-refractivity contribution is 9.10. The van der Waals surface area contributed by atoms with Gasteiger partial charge in [-0.05, 0) is 61.5 Å². The number of hydrogen-bond donors (Lipinski definition) is 0. The van der Waals surface area contributed by atoms with Crippen molar-refractivity contribution in [2.75, 3.05) is 6.61 Å². The molecule has 0 unspecified atom stereocenters. The summed E-state index contributed by atoms with van der Waals surface area (Å²) in [7, 11) is 0. The van der Waals surface area contributed by atoms with Crippen molar-refractivity contribution in [3.05, 3.63) is 81.0 Å². The average Bonchev–Trinajstić information content (AvgIpc) is 3.22. The van der Waals surface area contributed by atoms with Crippen molar-refractivity contribution in [1.82, 2.24) is 9.66 Å². The molecule has 0 bridgehead atoms. The maximum Gasteiger partial charge on any atom is 0.282 e. The van der Waals surface area contributed by atoms with Gasteiger partial charge in [0, 0.05) is 15.5 Å². The Kier molecular flexibility index (Phi) is 6.02. The van der Waals surface area contributed by atoms with E-state index in [0.717, 1.165) is 15.8 Å². The molecule has 32 heavy (non-hydrogen) atoms. The summed E-state index contributed by atoms with van der Waals surface area (Å²) < 4.78 is 13.6. The molecule has 7 heteroatoms. The first kappa shape index (κ1) is 22.0. The fourth-order valence-corrected chi connectivity index (χ4v) is 3.68. The van der Waals surface area contributed by atoms with Crippen LogP contribution >= 0.6 is 15.9 Å². The molecule has 2 aromatic carbocycles. The predicted octanol–water partition coefficient (Wildman–Crippen LogP) is 6.00. The number of rotatable bonds is 5. The Hall–Kier alpha value is -3.19. The smallest absolute Gasteiger partial charge is 0.282 e. The van der Waals surface area contributed by atoms with Crippen molar-refractivity contribution < 1.29 is 9.15 Å². The molecule has 4 aromatic rings. The summed E-state index contributed by atoms with van der Waals surface area (Å²) >= 11 is 3.43. The SMILES string of the molecule is CCOc1ccc(-c2ccc(C=Nn3c(C(C)(C)C)nc4ccc(Br)cc4c3=O)o2)cc1. The number of benzene rings is 2. The Morgan fingerprint density at radius 2 is 1.88 bits per heavy atom. The largest absolute Gasteiger partial charge is 0.494 e. The normalized spacial score (nSPS) is 12.0. The van der Waals surface area contributed by atoms with E-state index < -0.39 is 0 Å². The van der Waals surface area contributed by atoms with Crippen LogP contribution in [-0.2, 0) is 5.41 Å². The molecule has 0 N–H and O–H groups in total. The third-order valence-corrected chi connectivity index (χ3v) is 5.35. The summed E-state index contributed by atoms with van der Waals surface area (Å²) in [6, 6.07) is 16.9. The van der Waals surface area contributed by atoms with Gasteiger partial charge in [-0.3, -0.25) is 4.79 Å². The van der Waals surface area contributed by atoms with Gasteiger partial charge in [-0.15, -0.1) is 0 Å². The summed E-state index contributed by atoms with van der Waals surface area (Å²) in [5.41, 5.74) is 0.966. The van der Waals surface area contributed by atoms with E-state index in [1.54, 1.807) is 12.3 Å². The lowest BCUT2D eigenvalue weighted by Crippen LogP contribution is -2.29. The van der Waals surface area contributed by atoms with Crippen LogP contribution in [0.5, 0.6) is 5.75 Å². The summed E-state index contributed by atoms with van der Waals surface area (Å²) in [5.74, 6) is 2.63. The van der Waals surface area contributed by atoms with E-state index in [9.17, 15) is 4.79 Å². The second kappa shape index (κ2) is 8.74. The van der Waals surface area contributed by atoms with Crippen LogP contribution in [0.25, 0.3) is 22.2 Å². The lowest BCUT2D eigenvalue weighted by Gasteiger charge is -2.20. The molecule has 4 rings (SSSR count). The molecule has 2 aromatic heterocycles. The van der Waals surface area contributed by atoms with Crippen LogP contribution in [0.15, 0.2) is 73.4 Å². The van der Waals surface area contributed by atoms with Gasteiger partial charge in [0.25, 0.3) is 5.56 Å². The third kappa shape index (κ3) is 4.53. The fraction of sp³-hybridized carbons (Fsp3) is 0.240. The summed E-state index contributed by atoms with van der Waals surface area (Å²) in [5, 5.41) is 4.95. The first-order valence-corrected chi connectivity index (χ1v) is 11.2. The molecule has 0 saturated carbocycles. The van der Waals surface area contributed by atoms with Crippen LogP contribution in [-0.4, -0.2) is 22.5 Å². The first-order chi connectivity index (χ1) is 15.3. The Morgan fingerprint density at radius 1 is 1.12 bits per heavy atom. The highest BCUT2D eigenvalue weighted by Crippen LogP contribution is 2.25. The zero-order valence-electron chi connectivity index (χ0n) is 18.4. The first-order valence-electron chi connectivity index (χ1n) is 10.4. The molecule has 2 heterocycles. The lowest BCUT2D eigenvalue weighted by molar-refractivity contribution is 0.340. The molecular formula is C25H24BrN3O3. The molecule has 164 valence electrons. The highest BCUT2D eigenvalue weighted by atomic mass is 79.9. The molecule has 0 aliphatic heterocycles. The van der Waals surface area contributed by atoms with Crippen molar-refractivity contribution in [1.29, 1.82) is 0 Å². The van der Waals surface area contributed by atoms with E-state index >= 15 is 0 Å². The van der Waals surface area contributed by atoms with Gasteiger partial charge in [-0.25, -0.2) is 4.98 Å². The average molecular weight is 494 g/mol. The molecule has 6 nitrogen and oxygen atoms in total. The zero-order valence-corrected chi connectivity index (χ0v) is 20.0. The molecular weight excluding hydrogens is 470 g/mol. The summed E-state index contributed by atoms with van der Waals surface area (Å²) in [6.45, 7) is 8.58. The Morgan fingerprint density at radius 3 is 2.56 bits per heavy atom. The summed E-state index contributed by atoms with van der Waals surface area (Å²) in [6.07, 6.45) is 1.54. The van der Waals surface area contributed by atoms with Crippen molar-refractivity contribution in [2.45, 2.75) is 33.1 Å². The molecule has 0 aliphatic carbocycles. The van der Waals surface area contributed by atoms with Gasteiger partial charge in [0.05, 0.1) is 23.7 Å². The molecule has 0 spiro atoms. The van der Waals surface area contributed by atoms with E-state index in [4.69, 9.17) is 14.1 Å². The maximum atomic E-state index is 13.2. The molecule has 0 saturated heterocycles. The Balaban J connectivity index is 1.71. The molecule has 0 radical (unpaired) electrons. The topological polar surface area (TPSA) is 69.6 Å². The van der Waals surface area contributed by atoms with Crippen LogP contribution in [0.2, 0.25) is 0 Å². The minimum Gasteiger partial charge on any atom is -0.494 e. The van der Waals surface area contributed by atoms with E-state index in [1.165, 1.54) is 4.68 Å².